The van der Waals surface area contributed by atoms with E-state index in [1.54, 1.807) is 76.5 Å². The zero-order valence-electron chi connectivity index (χ0n) is 32.7. The van der Waals surface area contributed by atoms with Gasteiger partial charge in [-0.1, -0.05) is 12.2 Å². The second kappa shape index (κ2) is 16.1. The van der Waals surface area contributed by atoms with Crippen LogP contribution in [0.1, 0.15) is 87.2 Å². The summed E-state index contributed by atoms with van der Waals surface area (Å²) in [6, 6.07) is 11.3. The second-order valence-corrected chi connectivity index (χ2v) is 14.1. The van der Waals surface area contributed by atoms with Gasteiger partial charge in [0.2, 0.25) is 23.7 Å². The molecule has 298 valence electrons. The van der Waals surface area contributed by atoms with E-state index in [0.29, 0.717) is 57.9 Å². The molecule has 0 unspecified atom stereocenters. The van der Waals surface area contributed by atoms with E-state index in [2.05, 4.69) is 25.8 Å². The SMILES string of the molecule is CCn1nc(C)cc1C(=O)Nc1nc2cc(C(N)=O)ccc2n1C/C=C/Cn1c(NC(=O)c2cc(C)nn2CC)nc2cc(C(N)=O)cc(OCCC(C)(C)O)c21. The molecular formula is C39H46N12O6. The summed E-state index contributed by atoms with van der Waals surface area (Å²) in [6.45, 7) is 12.1. The fourth-order valence-electron chi connectivity index (χ4n) is 6.36. The van der Waals surface area contributed by atoms with Crippen molar-refractivity contribution in [1.82, 2.24) is 38.7 Å². The number of anilines is 2. The zero-order valence-corrected chi connectivity index (χ0v) is 32.7. The third-order valence-corrected chi connectivity index (χ3v) is 9.16. The van der Waals surface area contributed by atoms with Crippen LogP contribution in [0.2, 0.25) is 0 Å². The van der Waals surface area contributed by atoms with Crippen LogP contribution in [0.4, 0.5) is 11.9 Å². The first-order valence-electron chi connectivity index (χ1n) is 18.4. The van der Waals surface area contributed by atoms with Crippen molar-refractivity contribution < 1.29 is 29.0 Å². The molecule has 0 radical (unpaired) electrons. The summed E-state index contributed by atoms with van der Waals surface area (Å²) in [5.74, 6) is -1.50. The highest BCUT2D eigenvalue weighted by Crippen LogP contribution is 2.32. The first kappa shape index (κ1) is 39.9. The van der Waals surface area contributed by atoms with Crippen molar-refractivity contribution in [3.05, 3.63) is 88.5 Å². The number of primary amides is 2. The number of aryl methyl sites for hydroxylation is 4. The molecule has 0 aliphatic rings. The fourth-order valence-corrected chi connectivity index (χ4v) is 6.36. The Bertz CT molecular complexity index is 2550. The predicted molar refractivity (Wildman–Crippen MR) is 213 cm³/mol. The van der Waals surface area contributed by atoms with Crippen LogP contribution < -0.4 is 26.8 Å². The monoisotopic (exact) mass is 778 g/mol. The van der Waals surface area contributed by atoms with E-state index in [-0.39, 0.29) is 54.9 Å². The summed E-state index contributed by atoms with van der Waals surface area (Å²) in [6.07, 6.45) is 3.97. The number of benzene rings is 2. The molecule has 2 aromatic carbocycles. The Labute approximate surface area is 327 Å². The Morgan fingerprint density at radius 1 is 0.772 bits per heavy atom. The minimum absolute atomic E-state index is 0.108. The number of carbonyl (C=O) groups excluding carboxylic acids is 4. The van der Waals surface area contributed by atoms with Gasteiger partial charge in [0.15, 0.2) is 0 Å². The summed E-state index contributed by atoms with van der Waals surface area (Å²) in [7, 11) is 0. The van der Waals surface area contributed by atoms with Crippen LogP contribution in [0.3, 0.4) is 0 Å². The molecule has 6 aromatic rings. The highest BCUT2D eigenvalue weighted by Gasteiger charge is 2.23. The number of ether oxygens (including phenoxy) is 1. The molecule has 18 heteroatoms. The molecule has 57 heavy (non-hydrogen) atoms. The summed E-state index contributed by atoms with van der Waals surface area (Å²) in [5, 5.41) is 24.9. The van der Waals surface area contributed by atoms with Crippen molar-refractivity contribution in [2.75, 3.05) is 17.2 Å². The van der Waals surface area contributed by atoms with Crippen molar-refractivity contribution in [2.24, 2.45) is 11.5 Å². The van der Waals surface area contributed by atoms with Gasteiger partial charge in [-0.3, -0.25) is 39.2 Å². The number of hydrogen-bond donors (Lipinski definition) is 5. The number of rotatable bonds is 16. The van der Waals surface area contributed by atoms with Gasteiger partial charge in [0.25, 0.3) is 11.8 Å². The topological polar surface area (TPSA) is 245 Å². The maximum absolute atomic E-state index is 13.7. The van der Waals surface area contributed by atoms with Gasteiger partial charge < -0.3 is 30.4 Å². The summed E-state index contributed by atoms with van der Waals surface area (Å²) < 4.78 is 12.8. The number of allylic oxidation sites excluding steroid dienone is 2. The van der Waals surface area contributed by atoms with E-state index in [1.807, 2.05) is 26.0 Å². The van der Waals surface area contributed by atoms with E-state index in [9.17, 15) is 24.3 Å². The van der Waals surface area contributed by atoms with Crippen molar-refractivity contribution >= 4 is 57.6 Å². The van der Waals surface area contributed by atoms with E-state index in [1.165, 1.54) is 12.1 Å². The Balaban J connectivity index is 1.38. The lowest BCUT2D eigenvalue weighted by Gasteiger charge is -2.18. The second-order valence-electron chi connectivity index (χ2n) is 14.1. The predicted octanol–water partition coefficient (Wildman–Crippen LogP) is 3.93. The lowest BCUT2D eigenvalue weighted by molar-refractivity contribution is 0.0554. The number of carbonyl (C=O) groups is 4. The van der Waals surface area contributed by atoms with Gasteiger partial charge in [-0.15, -0.1) is 0 Å². The minimum atomic E-state index is -1.02. The van der Waals surface area contributed by atoms with Gasteiger partial charge in [0.05, 0.1) is 40.1 Å². The minimum Gasteiger partial charge on any atom is -0.491 e. The zero-order chi connectivity index (χ0) is 41.2. The molecule has 4 amide bonds. The average molecular weight is 779 g/mol. The van der Waals surface area contributed by atoms with Crippen LogP contribution in [0, 0.1) is 13.8 Å². The van der Waals surface area contributed by atoms with E-state index in [4.69, 9.17) is 21.2 Å². The Morgan fingerprint density at radius 2 is 1.30 bits per heavy atom. The van der Waals surface area contributed by atoms with Crippen LogP contribution in [-0.2, 0) is 26.2 Å². The Hall–Kier alpha value is -6.82. The van der Waals surface area contributed by atoms with Crippen LogP contribution in [0.25, 0.3) is 22.1 Å². The molecule has 18 nitrogen and oxygen atoms in total. The van der Waals surface area contributed by atoms with Gasteiger partial charge >= 0.3 is 0 Å². The van der Waals surface area contributed by atoms with Crippen molar-refractivity contribution in [3.8, 4) is 5.75 Å². The molecule has 0 spiro atoms. The number of fused-ring (bicyclic) bond motifs is 2. The van der Waals surface area contributed by atoms with Crippen LogP contribution >= 0.6 is 0 Å². The number of nitrogens with zero attached hydrogens (tertiary/aromatic N) is 8. The van der Waals surface area contributed by atoms with E-state index in [0.717, 1.165) is 0 Å². The standard InChI is InChI=1S/C39H46N12O6/c1-7-50-29(17-22(3)46-50)35(54)44-37-42-26-19-24(33(40)52)11-12-28(26)48(37)14-9-10-15-49-32-27(20-25(34(41)53)21-31(32)57-16-13-39(5,6)56)43-38(49)45-36(55)30-18-23(4)47-51(30)8-2/h9-12,17-21,56H,7-8,13-16H2,1-6H3,(H2,40,52)(H2,41,53)(H,42,44,54)(H,43,45,55)/b10-9+. The normalized spacial score (nSPS) is 11.8. The van der Waals surface area contributed by atoms with E-state index < -0.39 is 29.2 Å². The summed E-state index contributed by atoms with van der Waals surface area (Å²) >= 11 is 0. The van der Waals surface area contributed by atoms with Crippen molar-refractivity contribution in [3.63, 3.8) is 0 Å². The lowest BCUT2D eigenvalue weighted by atomic mass is 10.1. The maximum Gasteiger partial charge on any atom is 0.276 e. The highest BCUT2D eigenvalue weighted by atomic mass is 16.5. The number of aliphatic hydroxyl groups is 1. The van der Waals surface area contributed by atoms with Crippen LogP contribution in [-0.4, -0.2) is 79.6 Å². The first-order chi connectivity index (χ1) is 27.1. The Morgan fingerprint density at radius 3 is 1.84 bits per heavy atom. The quantitative estimate of drug-likeness (QED) is 0.0886. The molecule has 7 N–H and O–H groups in total. The third kappa shape index (κ3) is 8.70. The fraction of sp³-hybridized carbons (Fsp3) is 0.333. The molecule has 0 fully saturated rings. The largest absolute Gasteiger partial charge is 0.491 e. The van der Waals surface area contributed by atoms with Gasteiger partial charge in [-0.2, -0.15) is 10.2 Å². The van der Waals surface area contributed by atoms with Crippen molar-refractivity contribution in [2.45, 2.75) is 79.7 Å². The smallest absolute Gasteiger partial charge is 0.276 e. The molecule has 0 aliphatic heterocycles. The van der Waals surface area contributed by atoms with Crippen molar-refractivity contribution in [1.29, 1.82) is 0 Å². The number of hydrogen-bond acceptors (Lipinski definition) is 10. The average Bonchev–Trinajstić information content (AvgIpc) is 3.91. The maximum atomic E-state index is 13.7. The summed E-state index contributed by atoms with van der Waals surface area (Å²) in [4.78, 5) is 60.9. The number of nitrogens with one attached hydrogen (secondary N) is 2. The molecule has 0 saturated carbocycles. The molecule has 0 aliphatic carbocycles. The van der Waals surface area contributed by atoms with Gasteiger partial charge in [-0.25, -0.2) is 9.97 Å². The highest BCUT2D eigenvalue weighted by molar-refractivity contribution is 6.05. The number of aromatic nitrogens is 8. The number of amides is 4. The van der Waals surface area contributed by atoms with Gasteiger partial charge in [0.1, 0.15) is 22.7 Å². The summed E-state index contributed by atoms with van der Waals surface area (Å²) in [5.41, 5.74) is 14.6. The van der Waals surface area contributed by atoms with Crippen LogP contribution in [0.15, 0.2) is 54.6 Å². The third-order valence-electron chi connectivity index (χ3n) is 9.16. The molecule has 0 saturated heterocycles. The lowest BCUT2D eigenvalue weighted by Crippen LogP contribution is -2.22. The molecule has 0 bridgehead atoms. The number of nitrogens with two attached hydrogens (primary N) is 2. The molecule has 0 atom stereocenters. The first-order valence-corrected chi connectivity index (χ1v) is 18.4. The van der Waals surface area contributed by atoms with Gasteiger partial charge in [-0.05, 0) is 84.0 Å². The number of imidazole rings is 2. The van der Waals surface area contributed by atoms with Crippen LogP contribution in [0.5, 0.6) is 5.75 Å². The molecule has 4 aromatic heterocycles. The Kier molecular flexibility index (Phi) is 11.3. The van der Waals surface area contributed by atoms with Gasteiger partial charge in [0, 0.05) is 43.7 Å². The molecule has 6 rings (SSSR count). The molecule has 4 heterocycles. The molecular weight excluding hydrogens is 733 g/mol. The van der Waals surface area contributed by atoms with E-state index >= 15 is 0 Å².